The second-order valence-corrected chi connectivity index (χ2v) is 4.69. The first kappa shape index (κ1) is 14.3. The van der Waals surface area contributed by atoms with Crippen molar-refractivity contribution < 1.29 is 4.74 Å². The van der Waals surface area contributed by atoms with Gasteiger partial charge in [0, 0.05) is 6.61 Å². The predicted octanol–water partition coefficient (Wildman–Crippen LogP) is 3.79. The van der Waals surface area contributed by atoms with Crippen molar-refractivity contribution in [3.63, 3.8) is 0 Å². The molecule has 0 aromatic rings. The van der Waals surface area contributed by atoms with Crippen LogP contribution in [0, 0.1) is 11.8 Å². The van der Waals surface area contributed by atoms with E-state index >= 15 is 0 Å². The van der Waals surface area contributed by atoms with E-state index in [0.717, 1.165) is 19.0 Å². The maximum atomic E-state index is 5.65. The predicted molar refractivity (Wildman–Crippen MR) is 67.1 cm³/mol. The zero-order valence-corrected chi connectivity index (χ0v) is 10.9. The third kappa shape index (κ3) is 7.69. The minimum Gasteiger partial charge on any atom is -0.381 e. The van der Waals surface area contributed by atoms with Crippen LogP contribution in [-0.2, 0) is 4.74 Å². The van der Waals surface area contributed by atoms with Gasteiger partial charge in [0.2, 0.25) is 0 Å². The average molecular weight is 218 g/mol. The van der Waals surface area contributed by atoms with Crippen LogP contribution in [0.3, 0.4) is 0 Å². The summed E-state index contributed by atoms with van der Waals surface area (Å²) in [5.74, 6) is 2.24. The molecule has 0 saturated heterocycles. The molecule has 0 aromatic heterocycles. The molecule has 0 heterocycles. The molecule has 0 spiro atoms. The van der Waals surface area contributed by atoms with Crippen molar-refractivity contribution in [1.29, 1.82) is 0 Å². The Morgan fingerprint density at radius 3 is 2.36 bits per heavy atom. The zero-order valence-electron chi connectivity index (χ0n) is 9.96. The van der Waals surface area contributed by atoms with Crippen LogP contribution in [0.1, 0.15) is 46.5 Å². The Labute approximate surface area is 95.0 Å². The number of hydrogen-bond acceptors (Lipinski definition) is 2. The normalized spacial score (nSPS) is 13.5. The molecule has 0 radical (unpaired) electrons. The summed E-state index contributed by atoms with van der Waals surface area (Å²) in [6.07, 6.45) is 5.16. The van der Waals surface area contributed by atoms with E-state index in [1.807, 2.05) is 0 Å². The number of thiol groups is 1. The molecular weight excluding hydrogens is 192 g/mol. The number of hydrogen-bond donors (Lipinski definition) is 1. The van der Waals surface area contributed by atoms with E-state index in [1.54, 1.807) is 0 Å². The zero-order chi connectivity index (χ0) is 10.8. The number of rotatable bonds is 9. The molecule has 0 aliphatic carbocycles. The van der Waals surface area contributed by atoms with Gasteiger partial charge in [-0.15, -0.1) is 0 Å². The third-order valence-corrected chi connectivity index (χ3v) is 3.12. The van der Waals surface area contributed by atoms with Crippen LogP contribution < -0.4 is 0 Å². The van der Waals surface area contributed by atoms with Crippen LogP contribution in [0.5, 0.6) is 0 Å². The highest BCUT2D eigenvalue weighted by Crippen LogP contribution is 2.13. The summed E-state index contributed by atoms with van der Waals surface area (Å²) in [5.41, 5.74) is 0. The van der Waals surface area contributed by atoms with Crippen molar-refractivity contribution in [2.45, 2.75) is 46.5 Å². The summed E-state index contributed by atoms with van der Waals surface area (Å²) in [4.78, 5) is 0. The summed E-state index contributed by atoms with van der Waals surface area (Å²) in [6.45, 7) is 8.52. The van der Waals surface area contributed by atoms with Crippen LogP contribution in [0.15, 0.2) is 0 Å². The van der Waals surface area contributed by atoms with Crippen LogP contribution in [0.25, 0.3) is 0 Å². The average Bonchev–Trinajstić information content (AvgIpc) is 2.16. The topological polar surface area (TPSA) is 9.23 Å². The van der Waals surface area contributed by atoms with Crippen LogP contribution in [-0.4, -0.2) is 19.0 Å². The molecule has 86 valence electrons. The Hall–Kier alpha value is 0.310. The summed E-state index contributed by atoms with van der Waals surface area (Å²) in [7, 11) is 0. The van der Waals surface area contributed by atoms with Crippen molar-refractivity contribution in [3.05, 3.63) is 0 Å². The van der Waals surface area contributed by atoms with Gasteiger partial charge >= 0.3 is 0 Å². The van der Waals surface area contributed by atoms with Gasteiger partial charge in [0.15, 0.2) is 0 Å². The summed E-state index contributed by atoms with van der Waals surface area (Å²) in [6, 6.07) is 0. The van der Waals surface area contributed by atoms with E-state index in [1.165, 1.54) is 25.7 Å². The molecule has 0 aliphatic heterocycles. The fourth-order valence-electron chi connectivity index (χ4n) is 1.32. The van der Waals surface area contributed by atoms with Gasteiger partial charge in [-0.25, -0.2) is 0 Å². The molecule has 0 aromatic carbocycles. The highest BCUT2D eigenvalue weighted by molar-refractivity contribution is 7.80. The van der Waals surface area contributed by atoms with E-state index < -0.39 is 0 Å². The van der Waals surface area contributed by atoms with Gasteiger partial charge < -0.3 is 4.74 Å². The Bertz CT molecular complexity index is 115. The molecule has 0 saturated carbocycles. The Kier molecular flexibility index (Phi) is 10.1. The standard InChI is InChI=1S/C12H26OS/c1-4-5-6-7-8-13-9-12(10-14)11(2)3/h11-12,14H,4-10H2,1-3H3. The molecule has 0 amide bonds. The molecular formula is C12H26OS. The second-order valence-electron chi connectivity index (χ2n) is 4.32. The van der Waals surface area contributed by atoms with Crippen LogP contribution in [0.4, 0.5) is 0 Å². The highest BCUT2D eigenvalue weighted by Gasteiger charge is 2.10. The molecule has 1 nitrogen and oxygen atoms in total. The Morgan fingerprint density at radius 2 is 1.86 bits per heavy atom. The number of ether oxygens (including phenoxy) is 1. The summed E-state index contributed by atoms with van der Waals surface area (Å²) in [5, 5.41) is 0. The molecule has 0 N–H and O–H groups in total. The van der Waals surface area contributed by atoms with Crippen LogP contribution >= 0.6 is 12.6 Å². The highest BCUT2D eigenvalue weighted by atomic mass is 32.1. The van der Waals surface area contributed by atoms with Crippen molar-refractivity contribution in [1.82, 2.24) is 0 Å². The fourth-order valence-corrected chi connectivity index (χ4v) is 1.85. The maximum absolute atomic E-state index is 5.65. The van der Waals surface area contributed by atoms with E-state index in [4.69, 9.17) is 4.74 Å². The molecule has 0 rings (SSSR count). The summed E-state index contributed by atoms with van der Waals surface area (Å²) >= 11 is 4.33. The quantitative estimate of drug-likeness (QED) is 0.458. The maximum Gasteiger partial charge on any atom is 0.0504 e. The van der Waals surface area contributed by atoms with Gasteiger partial charge in [-0.3, -0.25) is 0 Å². The van der Waals surface area contributed by atoms with Gasteiger partial charge in [-0.05, 0) is 24.0 Å². The lowest BCUT2D eigenvalue weighted by atomic mass is 9.99. The molecule has 0 bridgehead atoms. The minimum absolute atomic E-state index is 0.615. The molecule has 1 atom stereocenters. The van der Waals surface area contributed by atoms with Crippen LogP contribution in [0.2, 0.25) is 0 Å². The van der Waals surface area contributed by atoms with Gasteiger partial charge in [-0.1, -0.05) is 40.0 Å². The lowest BCUT2D eigenvalue weighted by Gasteiger charge is -2.18. The fraction of sp³-hybridized carbons (Fsp3) is 1.00. The Morgan fingerprint density at radius 1 is 1.14 bits per heavy atom. The van der Waals surface area contributed by atoms with Gasteiger partial charge in [0.05, 0.1) is 6.61 Å². The lowest BCUT2D eigenvalue weighted by Crippen LogP contribution is -2.17. The van der Waals surface area contributed by atoms with E-state index in [2.05, 4.69) is 33.4 Å². The first-order valence-corrected chi connectivity index (χ1v) is 6.54. The van der Waals surface area contributed by atoms with Gasteiger partial charge in [0.1, 0.15) is 0 Å². The monoisotopic (exact) mass is 218 g/mol. The molecule has 14 heavy (non-hydrogen) atoms. The first-order valence-electron chi connectivity index (χ1n) is 5.91. The molecule has 2 heteroatoms. The van der Waals surface area contributed by atoms with Crippen molar-refractivity contribution in [2.24, 2.45) is 11.8 Å². The largest absolute Gasteiger partial charge is 0.381 e. The minimum atomic E-state index is 0.615. The van der Waals surface area contributed by atoms with E-state index in [0.29, 0.717) is 11.8 Å². The third-order valence-electron chi connectivity index (χ3n) is 2.65. The second kappa shape index (κ2) is 9.85. The Balaban J connectivity index is 3.25. The number of unbranched alkanes of at least 4 members (excludes halogenated alkanes) is 3. The van der Waals surface area contributed by atoms with Gasteiger partial charge in [-0.2, -0.15) is 12.6 Å². The van der Waals surface area contributed by atoms with E-state index in [-0.39, 0.29) is 0 Å². The van der Waals surface area contributed by atoms with Crippen molar-refractivity contribution in [3.8, 4) is 0 Å². The molecule has 0 aliphatic rings. The van der Waals surface area contributed by atoms with Crippen molar-refractivity contribution in [2.75, 3.05) is 19.0 Å². The summed E-state index contributed by atoms with van der Waals surface area (Å²) < 4.78 is 5.65. The smallest absolute Gasteiger partial charge is 0.0504 e. The first-order chi connectivity index (χ1) is 6.72. The lowest BCUT2D eigenvalue weighted by molar-refractivity contribution is 0.0886. The van der Waals surface area contributed by atoms with Gasteiger partial charge in [0.25, 0.3) is 0 Å². The molecule has 1 unspecified atom stereocenters. The van der Waals surface area contributed by atoms with Crippen molar-refractivity contribution >= 4 is 12.6 Å². The SMILES string of the molecule is CCCCCCOCC(CS)C(C)C. The molecule has 0 fully saturated rings. The van der Waals surface area contributed by atoms with E-state index in [9.17, 15) is 0 Å².